The lowest BCUT2D eigenvalue weighted by atomic mass is 9.75. The lowest BCUT2D eigenvalue weighted by Gasteiger charge is -2.39. The van der Waals surface area contributed by atoms with Crippen LogP contribution >= 0.6 is 0 Å². The van der Waals surface area contributed by atoms with Crippen molar-refractivity contribution in [2.45, 2.75) is 57.2 Å². The van der Waals surface area contributed by atoms with Crippen molar-refractivity contribution in [1.29, 1.82) is 0 Å². The quantitative estimate of drug-likeness (QED) is 0.733. The molecule has 2 rings (SSSR count). The van der Waals surface area contributed by atoms with E-state index < -0.39 is 0 Å². The number of rotatable bonds is 2. The molecule has 1 aliphatic carbocycles. The van der Waals surface area contributed by atoms with Crippen molar-refractivity contribution in [3.8, 4) is 0 Å². The van der Waals surface area contributed by atoms with Crippen LogP contribution in [0, 0.1) is 5.92 Å². The topological polar surface area (TPSA) is 21.3 Å². The Hall–Kier alpha value is -0.0800. The van der Waals surface area contributed by atoms with E-state index in [1.54, 1.807) is 0 Å². The Balaban J connectivity index is 1.96. The number of ether oxygens (including phenoxy) is 1. The molecule has 1 N–H and O–H groups in total. The second kappa shape index (κ2) is 4.19. The molecule has 0 amide bonds. The maximum atomic E-state index is 6.28. The van der Waals surface area contributed by atoms with Crippen molar-refractivity contribution in [2.75, 3.05) is 13.6 Å². The standard InChI is InChI=1S/C12H23NO/c1-10-5-3-4-7-12(10)8-6-11(14-12)9-13-2/h10-11,13H,3-9H2,1-2H3. The molecule has 2 nitrogen and oxygen atoms in total. The molecule has 1 saturated heterocycles. The minimum absolute atomic E-state index is 0.264. The Morgan fingerprint density at radius 3 is 2.86 bits per heavy atom. The van der Waals surface area contributed by atoms with Gasteiger partial charge in [-0.05, 0) is 38.6 Å². The Morgan fingerprint density at radius 1 is 1.29 bits per heavy atom. The van der Waals surface area contributed by atoms with Crippen LogP contribution in [0.4, 0.5) is 0 Å². The van der Waals surface area contributed by atoms with Crippen molar-refractivity contribution in [3.05, 3.63) is 0 Å². The Labute approximate surface area is 87.4 Å². The molecular weight excluding hydrogens is 174 g/mol. The van der Waals surface area contributed by atoms with Crippen LogP contribution in [0.5, 0.6) is 0 Å². The molecule has 3 atom stereocenters. The highest BCUT2D eigenvalue weighted by atomic mass is 16.5. The van der Waals surface area contributed by atoms with Gasteiger partial charge in [0.05, 0.1) is 11.7 Å². The predicted octanol–water partition coefficient (Wildman–Crippen LogP) is 2.33. The summed E-state index contributed by atoms with van der Waals surface area (Å²) in [4.78, 5) is 0. The van der Waals surface area contributed by atoms with Gasteiger partial charge in [-0.25, -0.2) is 0 Å². The van der Waals surface area contributed by atoms with Gasteiger partial charge in [0.25, 0.3) is 0 Å². The molecule has 1 spiro atoms. The van der Waals surface area contributed by atoms with Crippen molar-refractivity contribution in [3.63, 3.8) is 0 Å². The third-order valence-electron chi connectivity index (χ3n) is 4.11. The summed E-state index contributed by atoms with van der Waals surface area (Å²) in [7, 11) is 2.01. The van der Waals surface area contributed by atoms with Crippen LogP contribution in [-0.2, 0) is 4.74 Å². The molecule has 1 saturated carbocycles. The fourth-order valence-corrected chi connectivity index (χ4v) is 3.16. The fourth-order valence-electron chi connectivity index (χ4n) is 3.16. The summed E-state index contributed by atoms with van der Waals surface area (Å²) in [6, 6.07) is 0. The van der Waals surface area contributed by atoms with Crippen molar-refractivity contribution < 1.29 is 4.74 Å². The van der Waals surface area contributed by atoms with E-state index in [1.807, 2.05) is 7.05 Å². The largest absolute Gasteiger partial charge is 0.370 e. The average Bonchev–Trinajstić information content (AvgIpc) is 2.57. The number of nitrogens with one attached hydrogen (secondary N) is 1. The number of hydrogen-bond donors (Lipinski definition) is 1. The Kier molecular flexibility index (Phi) is 3.13. The van der Waals surface area contributed by atoms with E-state index >= 15 is 0 Å². The van der Waals surface area contributed by atoms with Gasteiger partial charge in [-0.1, -0.05) is 19.8 Å². The second-order valence-corrected chi connectivity index (χ2v) is 5.05. The smallest absolute Gasteiger partial charge is 0.0713 e. The van der Waals surface area contributed by atoms with Crippen molar-refractivity contribution in [2.24, 2.45) is 5.92 Å². The molecule has 0 bridgehead atoms. The van der Waals surface area contributed by atoms with Gasteiger partial charge in [-0.3, -0.25) is 0 Å². The highest BCUT2D eigenvalue weighted by Crippen LogP contribution is 2.45. The van der Waals surface area contributed by atoms with Gasteiger partial charge < -0.3 is 10.1 Å². The van der Waals surface area contributed by atoms with E-state index in [0.29, 0.717) is 6.10 Å². The maximum Gasteiger partial charge on any atom is 0.0713 e. The SMILES string of the molecule is CNCC1CCC2(CCCCC2C)O1. The first-order valence-corrected chi connectivity index (χ1v) is 6.09. The van der Waals surface area contributed by atoms with Gasteiger partial charge in [-0.15, -0.1) is 0 Å². The lowest BCUT2D eigenvalue weighted by Crippen LogP contribution is -2.40. The summed E-state index contributed by atoms with van der Waals surface area (Å²) in [6.45, 7) is 3.40. The van der Waals surface area contributed by atoms with Crippen LogP contribution in [0.2, 0.25) is 0 Å². The molecule has 3 unspecified atom stereocenters. The second-order valence-electron chi connectivity index (χ2n) is 5.05. The molecule has 0 aromatic heterocycles. The average molecular weight is 197 g/mol. The molecule has 14 heavy (non-hydrogen) atoms. The highest BCUT2D eigenvalue weighted by Gasteiger charge is 2.44. The molecule has 2 heteroatoms. The Bertz CT molecular complexity index is 195. The minimum atomic E-state index is 0.264. The predicted molar refractivity (Wildman–Crippen MR) is 58.4 cm³/mol. The molecule has 0 radical (unpaired) electrons. The Morgan fingerprint density at radius 2 is 2.14 bits per heavy atom. The third-order valence-corrected chi connectivity index (χ3v) is 4.11. The molecular formula is C12H23NO. The van der Waals surface area contributed by atoms with Gasteiger partial charge in [0.15, 0.2) is 0 Å². The normalized spacial score (nSPS) is 43.3. The molecule has 2 aliphatic rings. The van der Waals surface area contributed by atoms with Crippen LogP contribution in [0.15, 0.2) is 0 Å². The molecule has 1 aliphatic heterocycles. The van der Waals surface area contributed by atoms with Gasteiger partial charge in [0.2, 0.25) is 0 Å². The summed E-state index contributed by atoms with van der Waals surface area (Å²) in [6.07, 6.45) is 8.46. The summed E-state index contributed by atoms with van der Waals surface area (Å²) in [5.41, 5.74) is 0.264. The van der Waals surface area contributed by atoms with E-state index in [0.717, 1.165) is 12.5 Å². The number of likely N-dealkylation sites (N-methyl/N-ethyl adjacent to an activating group) is 1. The van der Waals surface area contributed by atoms with Crippen LogP contribution < -0.4 is 5.32 Å². The first-order chi connectivity index (χ1) is 6.77. The zero-order valence-electron chi connectivity index (χ0n) is 9.51. The van der Waals surface area contributed by atoms with Gasteiger partial charge in [0, 0.05) is 6.54 Å². The highest BCUT2D eigenvalue weighted by molar-refractivity contribution is 4.95. The zero-order valence-corrected chi connectivity index (χ0v) is 9.51. The summed E-state index contributed by atoms with van der Waals surface area (Å²) in [5, 5.41) is 3.22. The van der Waals surface area contributed by atoms with Gasteiger partial charge >= 0.3 is 0 Å². The molecule has 0 aromatic carbocycles. The molecule has 2 fully saturated rings. The first kappa shape index (κ1) is 10.4. The fraction of sp³-hybridized carbons (Fsp3) is 1.00. The van der Waals surface area contributed by atoms with E-state index in [4.69, 9.17) is 4.74 Å². The zero-order chi connectivity index (χ0) is 10.0. The monoisotopic (exact) mass is 197 g/mol. The van der Waals surface area contributed by atoms with E-state index in [1.165, 1.54) is 38.5 Å². The van der Waals surface area contributed by atoms with Gasteiger partial charge in [0.1, 0.15) is 0 Å². The summed E-state index contributed by atoms with van der Waals surface area (Å²) < 4.78 is 6.28. The third kappa shape index (κ3) is 1.82. The molecule has 1 heterocycles. The number of hydrogen-bond acceptors (Lipinski definition) is 2. The lowest BCUT2D eigenvalue weighted by molar-refractivity contribution is -0.0937. The van der Waals surface area contributed by atoms with Gasteiger partial charge in [-0.2, -0.15) is 0 Å². The molecule has 0 aromatic rings. The van der Waals surface area contributed by atoms with Crippen LogP contribution in [0.1, 0.15) is 45.4 Å². The van der Waals surface area contributed by atoms with Crippen LogP contribution in [0.3, 0.4) is 0 Å². The van der Waals surface area contributed by atoms with E-state index in [2.05, 4.69) is 12.2 Å². The van der Waals surface area contributed by atoms with E-state index in [-0.39, 0.29) is 5.60 Å². The molecule has 82 valence electrons. The van der Waals surface area contributed by atoms with E-state index in [9.17, 15) is 0 Å². The summed E-state index contributed by atoms with van der Waals surface area (Å²) >= 11 is 0. The van der Waals surface area contributed by atoms with Crippen LogP contribution in [0.25, 0.3) is 0 Å². The maximum absolute atomic E-state index is 6.28. The summed E-state index contributed by atoms with van der Waals surface area (Å²) in [5.74, 6) is 0.776. The van der Waals surface area contributed by atoms with Crippen molar-refractivity contribution in [1.82, 2.24) is 5.32 Å². The first-order valence-electron chi connectivity index (χ1n) is 6.09. The minimum Gasteiger partial charge on any atom is -0.370 e. The van der Waals surface area contributed by atoms with Crippen molar-refractivity contribution >= 4 is 0 Å². The van der Waals surface area contributed by atoms with Crippen LogP contribution in [-0.4, -0.2) is 25.3 Å².